The molecule has 1 heterocycles. The zero-order chi connectivity index (χ0) is 13.8. The number of pyridine rings is 1. The fourth-order valence-electron chi connectivity index (χ4n) is 1.54. The van der Waals surface area contributed by atoms with Crippen LogP contribution in [0.4, 0.5) is 17.3 Å². The second-order valence-electron chi connectivity index (χ2n) is 3.78. The molecule has 1 aromatic heterocycles. The molecule has 0 aliphatic heterocycles. The Morgan fingerprint density at radius 2 is 1.84 bits per heavy atom. The molecule has 0 amide bonds. The lowest BCUT2D eigenvalue weighted by Gasteiger charge is -2.12. The van der Waals surface area contributed by atoms with Gasteiger partial charge in [-0.25, -0.2) is 4.98 Å². The van der Waals surface area contributed by atoms with Crippen LogP contribution < -0.4 is 10.6 Å². The van der Waals surface area contributed by atoms with Gasteiger partial charge in [-0.3, -0.25) is 0 Å². The fourth-order valence-corrected chi connectivity index (χ4v) is 2.39. The van der Waals surface area contributed by atoms with E-state index in [1.54, 1.807) is 6.07 Å². The molecule has 0 aliphatic carbocycles. The lowest BCUT2D eigenvalue weighted by molar-refractivity contribution is 1.16. The van der Waals surface area contributed by atoms with Crippen molar-refractivity contribution in [1.29, 1.82) is 0 Å². The average Bonchev–Trinajstić information content (AvgIpc) is 2.38. The minimum Gasteiger partial charge on any atom is -0.369 e. The number of hydrogen-bond donors (Lipinski definition) is 2. The lowest BCUT2D eigenvalue weighted by Crippen LogP contribution is -2.03. The standard InChI is InChI=1S/C13H12BrCl2N3/c1-2-17-12-9(15)7-10(16)13(19-12)18-11-6-4-3-5-8(11)14/h3-7H,2H2,1H3,(H2,17,18,19). The van der Waals surface area contributed by atoms with Gasteiger partial charge in [-0.2, -0.15) is 0 Å². The summed E-state index contributed by atoms with van der Waals surface area (Å²) in [6.45, 7) is 2.72. The van der Waals surface area contributed by atoms with Gasteiger partial charge in [0.2, 0.25) is 0 Å². The van der Waals surface area contributed by atoms with Crippen molar-refractivity contribution >= 4 is 56.5 Å². The minimum absolute atomic E-state index is 0.474. The monoisotopic (exact) mass is 359 g/mol. The first-order valence-electron chi connectivity index (χ1n) is 5.73. The van der Waals surface area contributed by atoms with Crippen molar-refractivity contribution in [3.63, 3.8) is 0 Å². The van der Waals surface area contributed by atoms with Crippen LogP contribution >= 0.6 is 39.1 Å². The minimum atomic E-state index is 0.474. The number of benzene rings is 1. The van der Waals surface area contributed by atoms with Crippen molar-refractivity contribution in [3.8, 4) is 0 Å². The number of aromatic nitrogens is 1. The van der Waals surface area contributed by atoms with Gasteiger partial charge in [0.1, 0.15) is 5.82 Å². The summed E-state index contributed by atoms with van der Waals surface area (Å²) in [6.07, 6.45) is 0. The van der Waals surface area contributed by atoms with Crippen LogP contribution in [0.15, 0.2) is 34.8 Å². The Hall–Kier alpha value is -0.970. The van der Waals surface area contributed by atoms with Gasteiger partial charge >= 0.3 is 0 Å². The van der Waals surface area contributed by atoms with Gasteiger partial charge in [0.25, 0.3) is 0 Å². The van der Waals surface area contributed by atoms with E-state index in [-0.39, 0.29) is 0 Å². The van der Waals surface area contributed by atoms with Crippen LogP contribution in [0.5, 0.6) is 0 Å². The smallest absolute Gasteiger partial charge is 0.151 e. The number of hydrogen-bond acceptors (Lipinski definition) is 3. The number of nitrogens with zero attached hydrogens (tertiary/aromatic N) is 1. The van der Waals surface area contributed by atoms with Gasteiger partial charge in [-0.05, 0) is 41.1 Å². The molecule has 0 saturated heterocycles. The largest absolute Gasteiger partial charge is 0.369 e. The van der Waals surface area contributed by atoms with Gasteiger partial charge in [0.05, 0.1) is 15.7 Å². The lowest BCUT2D eigenvalue weighted by atomic mass is 10.3. The maximum atomic E-state index is 6.15. The zero-order valence-corrected chi connectivity index (χ0v) is 13.3. The third kappa shape index (κ3) is 3.53. The Labute approximate surface area is 130 Å². The van der Waals surface area contributed by atoms with E-state index in [1.807, 2.05) is 31.2 Å². The first kappa shape index (κ1) is 14.4. The number of halogens is 3. The van der Waals surface area contributed by atoms with E-state index < -0.39 is 0 Å². The molecule has 100 valence electrons. The van der Waals surface area contributed by atoms with Crippen LogP contribution in [0.3, 0.4) is 0 Å². The Bertz CT molecular complexity index is 590. The van der Waals surface area contributed by atoms with Gasteiger partial charge in [-0.1, -0.05) is 35.3 Å². The highest BCUT2D eigenvalue weighted by Gasteiger charge is 2.10. The predicted molar refractivity (Wildman–Crippen MR) is 85.8 cm³/mol. The molecule has 0 bridgehead atoms. The Morgan fingerprint density at radius 1 is 1.16 bits per heavy atom. The SMILES string of the molecule is CCNc1nc(Nc2ccccc2Br)c(Cl)cc1Cl. The van der Waals surface area contributed by atoms with E-state index >= 15 is 0 Å². The molecular weight excluding hydrogens is 349 g/mol. The first-order chi connectivity index (χ1) is 9.11. The van der Waals surface area contributed by atoms with Crippen LogP contribution in [-0.4, -0.2) is 11.5 Å². The summed E-state index contributed by atoms with van der Waals surface area (Å²) in [6, 6.07) is 9.42. The maximum Gasteiger partial charge on any atom is 0.151 e. The Morgan fingerprint density at radius 3 is 2.53 bits per heavy atom. The van der Waals surface area contributed by atoms with E-state index in [4.69, 9.17) is 23.2 Å². The van der Waals surface area contributed by atoms with E-state index in [0.29, 0.717) is 21.7 Å². The Kier molecular flexibility index (Phi) is 4.91. The van der Waals surface area contributed by atoms with Gasteiger partial charge in [0.15, 0.2) is 5.82 Å². The number of rotatable bonds is 4. The summed E-state index contributed by atoms with van der Waals surface area (Å²) >= 11 is 15.7. The highest BCUT2D eigenvalue weighted by atomic mass is 79.9. The molecule has 0 atom stereocenters. The average molecular weight is 361 g/mol. The van der Waals surface area contributed by atoms with Crippen molar-refractivity contribution in [1.82, 2.24) is 4.98 Å². The summed E-state index contributed by atoms with van der Waals surface area (Å²) in [4.78, 5) is 4.39. The van der Waals surface area contributed by atoms with Crippen LogP contribution in [0.2, 0.25) is 10.0 Å². The van der Waals surface area contributed by atoms with Crippen molar-refractivity contribution in [2.75, 3.05) is 17.2 Å². The quantitative estimate of drug-likeness (QED) is 0.773. The number of nitrogens with one attached hydrogen (secondary N) is 2. The van der Waals surface area contributed by atoms with Crippen LogP contribution in [0.1, 0.15) is 6.92 Å². The molecule has 0 spiro atoms. The second-order valence-corrected chi connectivity index (χ2v) is 5.45. The summed E-state index contributed by atoms with van der Waals surface area (Å²) in [5.41, 5.74) is 0.890. The van der Waals surface area contributed by atoms with Gasteiger partial charge < -0.3 is 10.6 Å². The molecule has 0 saturated carbocycles. The normalized spacial score (nSPS) is 10.3. The van der Waals surface area contributed by atoms with Crippen LogP contribution in [-0.2, 0) is 0 Å². The second kappa shape index (κ2) is 6.46. The predicted octanol–water partition coefficient (Wildman–Crippen LogP) is 5.33. The third-order valence-corrected chi connectivity index (χ3v) is 3.67. The van der Waals surface area contributed by atoms with E-state index in [9.17, 15) is 0 Å². The van der Waals surface area contributed by atoms with Crippen molar-refractivity contribution in [2.24, 2.45) is 0 Å². The molecule has 1 aromatic carbocycles. The zero-order valence-electron chi connectivity index (χ0n) is 10.2. The molecule has 2 rings (SSSR count). The molecule has 6 heteroatoms. The third-order valence-electron chi connectivity index (χ3n) is 2.40. The molecule has 0 aliphatic rings. The van der Waals surface area contributed by atoms with E-state index in [0.717, 1.165) is 16.7 Å². The molecule has 2 N–H and O–H groups in total. The molecule has 0 fully saturated rings. The summed E-state index contributed by atoms with van der Waals surface area (Å²) in [5.74, 6) is 1.18. The maximum absolute atomic E-state index is 6.15. The highest BCUT2D eigenvalue weighted by Crippen LogP contribution is 2.32. The topological polar surface area (TPSA) is 37.0 Å². The van der Waals surface area contributed by atoms with E-state index in [2.05, 4.69) is 31.5 Å². The van der Waals surface area contributed by atoms with Crippen LogP contribution in [0.25, 0.3) is 0 Å². The first-order valence-corrected chi connectivity index (χ1v) is 7.28. The summed E-state index contributed by atoms with van der Waals surface area (Å²) in [5, 5.41) is 7.25. The van der Waals surface area contributed by atoms with Crippen molar-refractivity contribution in [3.05, 3.63) is 44.8 Å². The Balaban J connectivity index is 2.34. The van der Waals surface area contributed by atoms with E-state index in [1.165, 1.54) is 0 Å². The summed E-state index contributed by atoms with van der Waals surface area (Å²) < 4.78 is 0.938. The number of anilines is 3. The molecule has 0 radical (unpaired) electrons. The number of para-hydroxylation sites is 1. The molecule has 19 heavy (non-hydrogen) atoms. The fraction of sp³-hybridized carbons (Fsp3) is 0.154. The van der Waals surface area contributed by atoms with Crippen molar-refractivity contribution < 1.29 is 0 Å². The van der Waals surface area contributed by atoms with Gasteiger partial charge in [0, 0.05) is 11.0 Å². The summed E-state index contributed by atoms with van der Waals surface area (Å²) in [7, 11) is 0. The molecular formula is C13H12BrCl2N3. The van der Waals surface area contributed by atoms with Crippen LogP contribution in [0, 0.1) is 0 Å². The molecule has 2 aromatic rings. The molecule has 0 unspecified atom stereocenters. The van der Waals surface area contributed by atoms with Gasteiger partial charge in [-0.15, -0.1) is 0 Å². The van der Waals surface area contributed by atoms with Crippen molar-refractivity contribution in [2.45, 2.75) is 6.92 Å². The molecule has 3 nitrogen and oxygen atoms in total. The highest BCUT2D eigenvalue weighted by molar-refractivity contribution is 9.10.